The lowest BCUT2D eigenvalue weighted by atomic mass is 9.91. The maximum atomic E-state index is 6.56. The highest BCUT2D eigenvalue weighted by Crippen LogP contribution is 2.37. The van der Waals surface area contributed by atoms with Crippen LogP contribution in [0.2, 0.25) is 0 Å². The normalized spacial score (nSPS) is 23.8. The molecule has 0 saturated carbocycles. The number of rotatable bonds is 9. The highest BCUT2D eigenvalue weighted by molar-refractivity contribution is 6.51. The molecular formula is C36H55N7O2. The number of piperidine rings is 1. The van der Waals surface area contributed by atoms with Gasteiger partial charge in [-0.25, -0.2) is 9.98 Å². The van der Waals surface area contributed by atoms with Gasteiger partial charge in [-0.1, -0.05) is 32.9 Å². The quantitative estimate of drug-likeness (QED) is 0.401. The van der Waals surface area contributed by atoms with E-state index in [0.29, 0.717) is 17.9 Å². The minimum absolute atomic E-state index is 0.217. The number of nitrogens with one attached hydrogen (secondary N) is 1. The van der Waals surface area contributed by atoms with Gasteiger partial charge in [-0.3, -0.25) is 4.90 Å². The summed E-state index contributed by atoms with van der Waals surface area (Å²) in [6, 6.07) is 7.65. The van der Waals surface area contributed by atoms with Gasteiger partial charge in [0.2, 0.25) is 0 Å². The van der Waals surface area contributed by atoms with E-state index in [4.69, 9.17) is 20.2 Å². The number of hydrogen-bond donors (Lipinski definition) is 2. The van der Waals surface area contributed by atoms with Crippen molar-refractivity contribution in [2.24, 2.45) is 21.6 Å². The standard InChI is InChI=1S/C36H55N7O2/c1-7-8-30-31(24-38-36(37)35(30)40-34(25(2)3)26(4)39-28-13-21-45-22-14-28)27-9-10-32(33(23-27)44-6)43-15-11-29(12-16-43)42-19-17-41(5)18-20-42/h8-10,23-25,28-29,39H,7,11-22H2,1-6H3,(H2,37,38)/b30-8+,34-26+,40-35-. The largest absolute Gasteiger partial charge is 0.495 e. The molecule has 0 radical (unpaired) electrons. The number of methoxy groups -OCH3 is 1. The SMILES string of the molecule is CC\C=C1/C(c2ccc(N3CCC(N4CCN(C)CC4)CC3)c(OC)c2)=CN=C(N)/C1=N\C(=C(/C)NC1CCOCC1)C(C)C. The summed E-state index contributed by atoms with van der Waals surface area (Å²) < 4.78 is 11.6. The smallest absolute Gasteiger partial charge is 0.149 e. The van der Waals surface area contributed by atoms with Gasteiger partial charge >= 0.3 is 0 Å². The van der Waals surface area contributed by atoms with Crippen molar-refractivity contribution in [2.45, 2.75) is 71.9 Å². The number of anilines is 1. The molecule has 9 nitrogen and oxygen atoms in total. The second kappa shape index (κ2) is 15.4. The summed E-state index contributed by atoms with van der Waals surface area (Å²) in [7, 11) is 4.00. The Bertz CT molecular complexity index is 1320. The molecule has 5 rings (SSSR count). The average molecular weight is 618 g/mol. The van der Waals surface area contributed by atoms with E-state index >= 15 is 0 Å². The second-order valence-electron chi connectivity index (χ2n) is 13.2. The summed E-state index contributed by atoms with van der Waals surface area (Å²) in [4.78, 5) is 17.5. The first-order valence-corrected chi connectivity index (χ1v) is 17.0. The number of nitrogens with two attached hydrogens (primary N) is 1. The number of ether oxygens (including phenoxy) is 2. The van der Waals surface area contributed by atoms with Crippen molar-refractivity contribution in [3.8, 4) is 5.75 Å². The van der Waals surface area contributed by atoms with Gasteiger partial charge in [-0.2, -0.15) is 0 Å². The van der Waals surface area contributed by atoms with E-state index in [9.17, 15) is 0 Å². The predicted octanol–water partition coefficient (Wildman–Crippen LogP) is 5.06. The molecule has 0 aromatic heterocycles. The van der Waals surface area contributed by atoms with Gasteiger partial charge in [-0.05, 0) is 69.7 Å². The maximum Gasteiger partial charge on any atom is 0.149 e. The van der Waals surface area contributed by atoms with Crippen molar-refractivity contribution < 1.29 is 9.47 Å². The van der Waals surface area contributed by atoms with E-state index in [-0.39, 0.29) is 5.92 Å². The van der Waals surface area contributed by atoms with Crippen LogP contribution in [-0.2, 0) is 4.74 Å². The van der Waals surface area contributed by atoms with Crippen molar-refractivity contribution in [2.75, 3.05) is 71.5 Å². The first-order chi connectivity index (χ1) is 21.8. The lowest BCUT2D eigenvalue weighted by Gasteiger charge is -2.42. The molecule has 9 heteroatoms. The number of aliphatic imine (C=N–C) groups is 2. The van der Waals surface area contributed by atoms with Crippen molar-refractivity contribution >= 4 is 22.8 Å². The lowest BCUT2D eigenvalue weighted by molar-refractivity contribution is 0.0803. The van der Waals surface area contributed by atoms with Gasteiger partial charge < -0.3 is 30.3 Å². The molecule has 0 atom stereocenters. The molecule has 1 aromatic carbocycles. The molecule has 246 valence electrons. The van der Waals surface area contributed by atoms with Crippen LogP contribution in [0.4, 0.5) is 5.69 Å². The molecule has 1 aromatic rings. The summed E-state index contributed by atoms with van der Waals surface area (Å²) in [5.41, 5.74) is 13.6. The summed E-state index contributed by atoms with van der Waals surface area (Å²) in [6.07, 6.45) is 9.34. The molecule has 4 aliphatic heterocycles. The molecule has 0 bridgehead atoms. The molecule has 0 spiro atoms. The van der Waals surface area contributed by atoms with Crippen molar-refractivity contribution in [3.63, 3.8) is 0 Å². The zero-order valence-corrected chi connectivity index (χ0v) is 28.4. The summed E-state index contributed by atoms with van der Waals surface area (Å²) in [6.45, 7) is 17.0. The van der Waals surface area contributed by atoms with Crippen LogP contribution < -0.4 is 20.7 Å². The number of allylic oxidation sites excluding steroid dienone is 4. The molecular weight excluding hydrogens is 562 g/mol. The Hall–Kier alpha value is -3.14. The molecule has 0 amide bonds. The number of amidine groups is 1. The van der Waals surface area contributed by atoms with Crippen LogP contribution in [-0.4, -0.2) is 100 Å². The lowest BCUT2D eigenvalue weighted by Crippen LogP contribution is -2.52. The Morgan fingerprint density at radius 2 is 1.82 bits per heavy atom. The third-order valence-corrected chi connectivity index (χ3v) is 9.68. The summed E-state index contributed by atoms with van der Waals surface area (Å²) in [5.74, 6) is 1.56. The van der Waals surface area contributed by atoms with Crippen molar-refractivity contribution in [1.29, 1.82) is 0 Å². The van der Waals surface area contributed by atoms with E-state index in [1.807, 2.05) is 6.20 Å². The molecule has 0 unspecified atom stereocenters. The van der Waals surface area contributed by atoms with Gasteiger partial charge in [0.25, 0.3) is 0 Å². The fourth-order valence-electron chi connectivity index (χ4n) is 7.04. The van der Waals surface area contributed by atoms with Gasteiger partial charge in [0.05, 0.1) is 18.5 Å². The zero-order valence-electron chi connectivity index (χ0n) is 28.4. The Labute approximate surface area is 270 Å². The molecule has 3 fully saturated rings. The van der Waals surface area contributed by atoms with Gasteiger partial charge in [-0.15, -0.1) is 0 Å². The second-order valence-corrected chi connectivity index (χ2v) is 13.2. The van der Waals surface area contributed by atoms with Crippen LogP contribution >= 0.6 is 0 Å². The number of nitrogens with zero attached hydrogens (tertiary/aromatic N) is 5. The Morgan fingerprint density at radius 3 is 2.47 bits per heavy atom. The van der Waals surface area contributed by atoms with Crippen LogP contribution in [0.3, 0.4) is 0 Å². The fraction of sp³-hybridized carbons (Fsp3) is 0.611. The van der Waals surface area contributed by atoms with Crippen LogP contribution in [0.25, 0.3) is 5.57 Å². The average Bonchev–Trinajstić information content (AvgIpc) is 3.05. The first kappa shape index (κ1) is 33.2. The Balaban J connectivity index is 1.37. The molecule has 4 heterocycles. The zero-order chi connectivity index (χ0) is 31.9. The van der Waals surface area contributed by atoms with E-state index in [1.54, 1.807) is 7.11 Å². The highest BCUT2D eigenvalue weighted by Gasteiger charge is 2.29. The Morgan fingerprint density at radius 1 is 1.11 bits per heavy atom. The van der Waals surface area contributed by atoms with E-state index < -0.39 is 0 Å². The van der Waals surface area contributed by atoms with E-state index in [0.717, 1.165) is 90.8 Å². The van der Waals surface area contributed by atoms with Gasteiger partial charge in [0, 0.05) is 87.6 Å². The molecule has 4 aliphatic rings. The third-order valence-electron chi connectivity index (χ3n) is 9.68. The van der Waals surface area contributed by atoms with Crippen LogP contribution in [0.5, 0.6) is 5.75 Å². The van der Waals surface area contributed by atoms with Gasteiger partial charge in [0.15, 0.2) is 0 Å². The van der Waals surface area contributed by atoms with Crippen LogP contribution in [0, 0.1) is 5.92 Å². The molecule has 3 N–H and O–H groups in total. The topological polar surface area (TPSA) is 91.0 Å². The number of likely N-dealkylation sites (N-methyl/N-ethyl adjacent to an activating group) is 1. The highest BCUT2D eigenvalue weighted by atomic mass is 16.5. The number of benzene rings is 1. The summed E-state index contributed by atoms with van der Waals surface area (Å²) in [5, 5.41) is 3.72. The molecule has 3 saturated heterocycles. The maximum absolute atomic E-state index is 6.56. The van der Waals surface area contributed by atoms with Crippen LogP contribution in [0.15, 0.2) is 57.4 Å². The summed E-state index contributed by atoms with van der Waals surface area (Å²) >= 11 is 0. The monoisotopic (exact) mass is 617 g/mol. The van der Waals surface area contributed by atoms with E-state index in [2.05, 4.69) is 84.0 Å². The first-order valence-electron chi connectivity index (χ1n) is 17.0. The molecule has 45 heavy (non-hydrogen) atoms. The van der Waals surface area contributed by atoms with E-state index in [1.165, 1.54) is 39.0 Å². The number of hydrogen-bond acceptors (Lipinski definition) is 9. The van der Waals surface area contributed by atoms with Crippen molar-refractivity contribution in [3.05, 3.63) is 53.0 Å². The fourth-order valence-corrected chi connectivity index (χ4v) is 7.04. The third kappa shape index (κ3) is 7.99. The minimum atomic E-state index is 0.217. The Kier molecular flexibility index (Phi) is 11.4. The molecule has 0 aliphatic carbocycles. The predicted molar refractivity (Wildman–Crippen MR) is 187 cm³/mol. The van der Waals surface area contributed by atoms with Crippen LogP contribution in [0.1, 0.15) is 65.4 Å². The number of piperazine rings is 1. The minimum Gasteiger partial charge on any atom is -0.495 e. The van der Waals surface area contributed by atoms with Gasteiger partial charge in [0.1, 0.15) is 17.3 Å². The van der Waals surface area contributed by atoms with Crippen molar-refractivity contribution in [1.82, 2.24) is 15.1 Å².